The lowest BCUT2D eigenvalue weighted by Gasteiger charge is -2.14. The van der Waals surface area contributed by atoms with E-state index in [1.54, 1.807) is 4.90 Å². The zero-order chi connectivity index (χ0) is 10.8. The van der Waals surface area contributed by atoms with E-state index in [4.69, 9.17) is 11.6 Å². The summed E-state index contributed by atoms with van der Waals surface area (Å²) in [6, 6.07) is 0. The maximum absolute atomic E-state index is 12.0. The maximum Gasteiger partial charge on any atom is 0.267 e. The highest BCUT2D eigenvalue weighted by Crippen LogP contribution is 2.20. The van der Waals surface area contributed by atoms with Gasteiger partial charge in [0.1, 0.15) is 4.88 Å². The van der Waals surface area contributed by atoms with E-state index in [9.17, 15) is 4.79 Å². The van der Waals surface area contributed by atoms with E-state index in [1.165, 1.54) is 11.5 Å². The zero-order valence-electron chi connectivity index (χ0n) is 8.44. The third-order valence-corrected chi connectivity index (χ3v) is 3.62. The van der Waals surface area contributed by atoms with Gasteiger partial charge < -0.3 is 4.90 Å². The van der Waals surface area contributed by atoms with Gasteiger partial charge >= 0.3 is 0 Å². The van der Waals surface area contributed by atoms with E-state index < -0.39 is 0 Å². The summed E-state index contributed by atoms with van der Waals surface area (Å²) in [5.41, 5.74) is 0.794. The van der Waals surface area contributed by atoms with Gasteiger partial charge in [0.05, 0.1) is 11.1 Å². The zero-order valence-corrected chi connectivity index (χ0v) is 10.0. The molecule has 1 atom stereocenters. The highest BCUT2D eigenvalue weighted by Gasteiger charge is 2.28. The van der Waals surface area contributed by atoms with Crippen LogP contribution in [0.1, 0.15) is 28.7 Å². The van der Waals surface area contributed by atoms with Gasteiger partial charge in [0, 0.05) is 13.1 Å². The number of carbonyl (C=O) groups is 1. The van der Waals surface area contributed by atoms with E-state index in [2.05, 4.69) is 9.59 Å². The minimum absolute atomic E-state index is 0.0324. The van der Waals surface area contributed by atoms with Crippen LogP contribution < -0.4 is 0 Å². The molecule has 0 saturated carbocycles. The van der Waals surface area contributed by atoms with Gasteiger partial charge in [-0.05, 0) is 24.4 Å². The van der Waals surface area contributed by atoms with Crippen molar-refractivity contribution in [1.29, 1.82) is 0 Å². The molecule has 1 fully saturated rings. The number of alkyl halides is 1. The van der Waals surface area contributed by atoms with E-state index in [0.717, 1.165) is 25.1 Å². The maximum atomic E-state index is 12.0. The third-order valence-electron chi connectivity index (χ3n) is 2.50. The van der Waals surface area contributed by atoms with Crippen molar-refractivity contribution < 1.29 is 4.79 Å². The number of aryl methyl sites for hydroxylation is 1. The number of amides is 1. The molecule has 1 aromatic rings. The average molecular weight is 246 g/mol. The molecule has 2 rings (SSSR count). The number of likely N-dealkylation sites (tertiary alicyclic amines) is 1. The number of hydrogen-bond donors (Lipinski definition) is 0. The molecule has 0 radical (unpaired) electrons. The fourth-order valence-electron chi connectivity index (χ4n) is 1.65. The van der Waals surface area contributed by atoms with Gasteiger partial charge in [0.2, 0.25) is 0 Å². The fourth-order valence-corrected chi connectivity index (χ4v) is 2.63. The Morgan fingerprint density at radius 2 is 2.53 bits per heavy atom. The van der Waals surface area contributed by atoms with Gasteiger partial charge in [0.25, 0.3) is 5.91 Å². The van der Waals surface area contributed by atoms with Gasteiger partial charge in [-0.25, -0.2) is 0 Å². The molecule has 0 bridgehead atoms. The van der Waals surface area contributed by atoms with Crippen LogP contribution in [0.2, 0.25) is 0 Å². The summed E-state index contributed by atoms with van der Waals surface area (Å²) in [5, 5.41) is 4.03. The third kappa shape index (κ3) is 2.13. The van der Waals surface area contributed by atoms with Crippen molar-refractivity contribution in [3.63, 3.8) is 0 Å². The number of halogens is 1. The standard InChI is InChI=1S/C9H12ClN3OS/c1-2-7-8(15-12-11-7)9(14)13-4-3-6(10)5-13/h6H,2-5H2,1H3. The number of hydrogen-bond acceptors (Lipinski definition) is 4. The van der Waals surface area contributed by atoms with Gasteiger partial charge in [0.15, 0.2) is 0 Å². The molecule has 0 aliphatic carbocycles. The van der Waals surface area contributed by atoms with Crippen molar-refractivity contribution in [3.05, 3.63) is 10.6 Å². The van der Waals surface area contributed by atoms with Crippen LogP contribution >= 0.6 is 23.1 Å². The van der Waals surface area contributed by atoms with Crippen LogP contribution in [-0.2, 0) is 6.42 Å². The molecule has 15 heavy (non-hydrogen) atoms. The monoisotopic (exact) mass is 245 g/mol. The molecule has 1 aliphatic rings. The first-order valence-electron chi connectivity index (χ1n) is 4.97. The van der Waals surface area contributed by atoms with Gasteiger partial charge in [-0.3, -0.25) is 4.79 Å². The van der Waals surface area contributed by atoms with Crippen LogP contribution in [0.15, 0.2) is 0 Å². The van der Waals surface area contributed by atoms with E-state index in [1.807, 2.05) is 6.92 Å². The van der Waals surface area contributed by atoms with E-state index >= 15 is 0 Å². The Bertz CT molecular complexity index is 368. The van der Waals surface area contributed by atoms with E-state index in [-0.39, 0.29) is 11.3 Å². The Kier molecular flexibility index (Phi) is 3.21. The molecule has 82 valence electrons. The minimum atomic E-state index is 0.0324. The molecule has 1 amide bonds. The quantitative estimate of drug-likeness (QED) is 0.743. The van der Waals surface area contributed by atoms with Crippen LogP contribution in [0.5, 0.6) is 0 Å². The van der Waals surface area contributed by atoms with Crippen molar-refractivity contribution in [2.45, 2.75) is 25.1 Å². The molecule has 4 nitrogen and oxygen atoms in total. The summed E-state index contributed by atoms with van der Waals surface area (Å²) in [4.78, 5) is 14.5. The summed E-state index contributed by atoms with van der Waals surface area (Å²) in [5.74, 6) is 0.0324. The highest BCUT2D eigenvalue weighted by atomic mass is 35.5. The molecule has 1 aromatic heterocycles. The van der Waals surface area contributed by atoms with Crippen LogP contribution in [-0.4, -0.2) is 38.9 Å². The van der Waals surface area contributed by atoms with Crippen molar-refractivity contribution in [3.8, 4) is 0 Å². The molecular formula is C9H12ClN3OS. The van der Waals surface area contributed by atoms with Crippen molar-refractivity contribution in [2.24, 2.45) is 0 Å². The SMILES string of the molecule is CCc1nnsc1C(=O)N1CCC(Cl)C1. The van der Waals surface area contributed by atoms with Crippen molar-refractivity contribution in [2.75, 3.05) is 13.1 Å². The van der Waals surface area contributed by atoms with Gasteiger partial charge in [-0.15, -0.1) is 16.7 Å². The molecule has 0 spiro atoms. The molecule has 0 aromatic carbocycles. The predicted molar refractivity (Wildman–Crippen MR) is 59.4 cm³/mol. The topological polar surface area (TPSA) is 46.1 Å². The minimum Gasteiger partial charge on any atom is -0.336 e. The molecule has 0 N–H and O–H groups in total. The summed E-state index contributed by atoms with van der Waals surface area (Å²) in [6.45, 7) is 3.36. The molecular weight excluding hydrogens is 234 g/mol. The fraction of sp³-hybridized carbons (Fsp3) is 0.667. The lowest BCUT2D eigenvalue weighted by Crippen LogP contribution is -2.28. The lowest BCUT2D eigenvalue weighted by atomic mass is 10.3. The number of nitrogens with zero attached hydrogens (tertiary/aromatic N) is 3. The predicted octanol–water partition coefficient (Wildman–Crippen LogP) is 1.55. The lowest BCUT2D eigenvalue weighted by molar-refractivity contribution is 0.0796. The number of aromatic nitrogens is 2. The Labute approximate surface area is 97.4 Å². The summed E-state index contributed by atoms with van der Waals surface area (Å²) in [6.07, 6.45) is 1.62. The van der Waals surface area contributed by atoms with Crippen molar-refractivity contribution >= 4 is 29.0 Å². The Morgan fingerprint density at radius 1 is 1.73 bits per heavy atom. The van der Waals surface area contributed by atoms with Gasteiger partial charge in [-0.2, -0.15) is 0 Å². The number of carbonyl (C=O) groups excluding carboxylic acids is 1. The smallest absolute Gasteiger partial charge is 0.267 e. The second-order valence-corrected chi connectivity index (χ2v) is 4.91. The summed E-state index contributed by atoms with van der Waals surface area (Å²) in [7, 11) is 0. The molecule has 2 heterocycles. The Morgan fingerprint density at radius 3 is 3.13 bits per heavy atom. The van der Waals surface area contributed by atoms with Crippen LogP contribution in [0.3, 0.4) is 0 Å². The highest BCUT2D eigenvalue weighted by molar-refractivity contribution is 7.08. The summed E-state index contributed by atoms with van der Waals surface area (Å²) >= 11 is 7.14. The second kappa shape index (κ2) is 4.45. The first-order chi connectivity index (χ1) is 7.22. The Hall–Kier alpha value is -0.680. The molecule has 1 unspecified atom stereocenters. The largest absolute Gasteiger partial charge is 0.336 e. The average Bonchev–Trinajstić information content (AvgIpc) is 2.84. The molecule has 6 heteroatoms. The molecule has 1 aliphatic heterocycles. The molecule has 1 saturated heterocycles. The normalized spacial score (nSPS) is 20.9. The second-order valence-electron chi connectivity index (χ2n) is 3.54. The first kappa shape index (κ1) is 10.8. The van der Waals surface area contributed by atoms with Crippen LogP contribution in [0.4, 0.5) is 0 Å². The van der Waals surface area contributed by atoms with Gasteiger partial charge in [-0.1, -0.05) is 11.4 Å². The number of rotatable bonds is 2. The van der Waals surface area contributed by atoms with Crippen LogP contribution in [0, 0.1) is 0 Å². The van der Waals surface area contributed by atoms with Crippen molar-refractivity contribution in [1.82, 2.24) is 14.5 Å². The Balaban J connectivity index is 2.14. The van der Waals surface area contributed by atoms with Crippen LogP contribution in [0.25, 0.3) is 0 Å². The summed E-state index contributed by atoms with van der Waals surface area (Å²) < 4.78 is 3.82. The van der Waals surface area contributed by atoms with E-state index in [0.29, 0.717) is 11.4 Å². The first-order valence-corrected chi connectivity index (χ1v) is 6.18.